The highest BCUT2D eigenvalue weighted by atomic mass is 35.5. The Morgan fingerprint density at radius 2 is 1.62 bits per heavy atom. The fourth-order valence-electron chi connectivity index (χ4n) is 3.13. The Morgan fingerprint density at radius 3 is 2.25 bits per heavy atom. The summed E-state index contributed by atoms with van der Waals surface area (Å²) in [5, 5.41) is 3.19. The van der Waals surface area contributed by atoms with E-state index in [1.807, 2.05) is 26.0 Å². The molecule has 0 heterocycles. The van der Waals surface area contributed by atoms with Crippen molar-refractivity contribution in [3.8, 4) is 5.75 Å². The number of carbonyl (C=O) groups is 1. The van der Waals surface area contributed by atoms with E-state index in [0.29, 0.717) is 23.1 Å². The molecule has 1 amide bonds. The van der Waals surface area contributed by atoms with E-state index >= 15 is 0 Å². The van der Waals surface area contributed by atoms with Crippen LogP contribution in [0.4, 0.5) is 11.4 Å². The van der Waals surface area contributed by atoms with Gasteiger partial charge in [0, 0.05) is 10.7 Å². The van der Waals surface area contributed by atoms with Crippen molar-refractivity contribution in [1.82, 2.24) is 0 Å². The number of carbonyl (C=O) groups excluding carboxylic acids is 1. The SMILES string of the molecule is CCOc1ccccc1N(CC(=O)Nc1ccc(CC)cc1)S(=O)(=O)c1ccc(Cl)cc1. The van der Waals surface area contributed by atoms with Crippen LogP contribution in [0.3, 0.4) is 0 Å². The first-order chi connectivity index (χ1) is 15.3. The molecule has 3 aromatic rings. The molecule has 0 saturated heterocycles. The van der Waals surface area contributed by atoms with E-state index in [-0.39, 0.29) is 10.6 Å². The number of nitrogens with one attached hydrogen (secondary N) is 1. The van der Waals surface area contributed by atoms with Gasteiger partial charge in [-0.25, -0.2) is 8.42 Å². The molecule has 0 saturated carbocycles. The van der Waals surface area contributed by atoms with Crippen molar-refractivity contribution in [1.29, 1.82) is 0 Å². The van der Waals surface area contributed by atoms with Gasteiger partial charge in [-0.1, -0.05) is 42.8 Å². The van der Waals surface area contributed by atoms with Crippen molar-refractivity contribution in [3.63, 3.8) is 0 Å². The second-order valence-corrected chi connectivity index (χ2v) is 9.26. The molecule has 0 unspecified atom stereocenters. The monoisotopic (exact) mass is 472 g/mol. The number of nitrogens with zero attached hydrogens (tertiary/aromatic N) is 1. The summed E-state index contributed by atoms with van der Waals surface area (Å²) in [4.78, 5) is 12.9. The smallest absolute Gasteiger partial charge is 0.264 e. The van der Waals surface area contributed by atoms with E-state index in [9.17, 15) is 13.2 Å². The predicted octanol–water partition coefficient (Wildman–Crippen LogP) is 5.14. The largest absolute Gasteiger partial charge is 0.492 e. The lowest BCUT2D eigenvalue weighted by molar-refractivity contribution is -0.114. The van der Waals surface area contributed by atoms with Crippen molar-refractivity contribution in [2.75, 3.05) is 22.8 Å². The lowest BCUT2D eigenvalue weighted by atomic mass is 10.1. The van der Waals surface area contributed by atoms with Crippen LogP contribution in [-0.4, -0.2) is 27.5 Å². The zero-order valence-corrected chi connectivity index (χ0v) is 19.5. The average molecular weight is 473 g/mol. The summed E-state index contributed by atoms with van der Waals surface area (Å²) in [5.74, 6) is -0.106. The number of rotatable bonds is 9. The minimum absolute atomic E-state index is 0.0216. The van der Waals surface area contributed by atoms with Crippen LogP contribution >= 0.6 is 11.6 Å². The quantitative estimate of drug-likeness (QED) is 0.468. The van der Waals surface area contributed by atoms with E-state index in [1.165, 1.54) is 24.3 Å². The van der Waals surface area contributed by atoms with Crippen LogP contribution in [-0.2, 0) is 21.2 Å². The predicted molar refractivity (Wildman–Crippen MR) is 128 cm³/mol. The Morgan fingerprint density at radius 1 is 0.969 bits per heavy atom. The fraction of sp³-hybridized carbons (Fsp3) is 0.208. The lowest BCUT2D eigenvalue weighted by Gasteiger charge is -2.26. The first-order valence-electron chi connectivity index (χ1n) is 10.2. The number of halogens is 1. The van der Waals surface area contributed by atoms with Crippen LogP contribution in [0.1, 0.15) is 19.4 Å². The highest BCUT2D eigenvalue weighted by Crippen LogP contribution is 2.32. The van der Waals surface area contributed by atoms with Crippen molar-refractivity contribution in [2.24, 2.45) is 0 Å². The number of hydrogen-bond acceptors (Lipinski definition) is 4. The number of hydrogen-bond donors (Lipinski definition) is 1. The molecule has 0 aliphatic carbocycles. The summed E-state index contributed by atoms with van der Waals surface area (Å²) in [5.41, 5.74) is 2.01. The third kappa shape index (κ3) is 5.60. The van der Waals surface area contributed by atoms with Gasteiger partial charge in [-0.05, 0) is 67.4 Å². The highest BCUT2D eigenvalue weighted by molar-refractivity contribution is 7.92. The topological polar surface area (TPSA) is 75.7 Å². The minimum atomic E-state index is -4.08. The maximum Gasteiger partial charge on any atom is 0.264 e. The van der Waals surface area contributed by atoms with Crippen molar-refractivity contribution in [3.05, 3.63) is 83.4 Å². The second kappa shape index (κ2) is 10.5. The van der Waals surface area contributed by atoms with Gasteiger partial charge in [0.05, 0.1) is 17.2 Å². The van der Waals surface area contributed by atoms with Gasteiger partial charge in [0.2, 0.25) is 5.91 Å². The van der Waals surface area contributed by atoms with Crippen LogP contribution in [0.5, 0.6) is 5.75 Å². The molecule has 0 aromatic heterocycles. The van der Waals surface area contributed by atoms with Gasteiger partial charge < -0.3 is 10.1 Å². The molecule has 0 aliphatic rings. The zero-order chi connectivity index (χ0) is 23.1. The van der Waals surface area contributed by atoms with Gasteiger partial charge >= 0.3 is 0 Å². The molecule has 0 atom stereocenters. The highest BCUT2D eigenvalue weighted by Gasteiger charge is 2.29. The number of ether oxygens (including phenoxy) is 1. The molecular formula is C24H25ClN2O4S. The first-order valence-corrected chi connectivity index (χ1v) is 12.1. The number of sulfonamides is 1. The first kappa shape index (κ1) is 23.6. The van der Waals surface area contributed by atoms with Gasteiger partial charge in [0.1, 0.15) is 12.3 Å². The van der Waals surface area contributed by atoms with E-state index in [1.54, 1.807) is 36.4 Å². The normalized spacial score (nSPS) is 11.1. The molecule has 0 bridgehead atoms. The average Bonchev–Trinajstić information content (AvgIpc) is 2.79. The van der Waals surface area contributed by atoms with Crippen molar-refractivity contribution >= 4 is 38.9 Å². The molecule has 3 rings (SSSR count). The van der Waals surface area contributed by atoms with Crippen LogP contribution < -0.4 is 14.4 Å². The van der Waals surface area contributed by atoms with E-state index < -0.39 is 22.5 Å². The fourth-order valence-corrected chi connectivity index (χ4v) is 4.69. The zero-order valence-electron chi connectivity index (χ0n) is 17.9. The van der Waals surface area contributed by atoms with Crippen LogP contribution in [0.25, 0.3) is 0 Å². The number of amides is 1. The Labute approximate surface area is 193 Å². The van der Waals surface area contributed by atoms with Crippen LogP contribution in [0, 0.1) is 0 Å². The summed E-state index contributed by atoms with van der Waals surface area (Å²) in [7, 11) is -4.08. The number of aryl methyl sites for hydroxylation is 1. The molecule has 1 N–H and O–H groups in total. The van der Waals surface area contributed by atoms with Gasteiger partial charge in [0.25, 0.3) is 10.0 Å². The molecule has 8 heteroatoms. The van der Waals surface area contributed by atoms with Crippen LogP contribution in [0.15, 0.2) is 77.7 Å². The van der Waals surface area contributed by atoms with E-state index in [0.717, 1.165) is 16.3 Å². The van der Waals surface area contributed by atoms with Gasteiger partial charge in [-0.15, -0.1) is 0 Å². The molecule has 0 spiro atoms. The van der Waals surface area contributed by atoms with Crippen molar-refractivity contribution < 1.29 is 17.9 Å². The maximum absolute atomic E-state index is 13.5. The Balaban J connectivity index is 1.96. The summed E-state index contributed by atoms with van der Waals surface area (Å²) in [6.45, 7) is 3.77. The van der Waals surface area contributed by atoms with Crippen molar-refractivity contribution in [2.45, 2.75) is 25.2 Å². The second-order valence-electron chi connectivity index (χ2n) is 6.96. The minimum Gasteiger partial charge on any atom is -0.492 e. The Bertz CT molecular complexity index is 1160. The summed E-state index contributed by atoms with van der Waals surface area (Å²) >= 11 is 5.93. The van der Waals surface area contributed by atoms with Gasteiger partial charge in [0.15, 0.2) is 0 Å². The summed E-state index contributed by atoms with van der Waals surface area (Å²) in [6, 6.07) is 20.0. The molecular weight excluding hydrogens is 448 g/mol. The molecule has 6 nitrogen and oxygen atoms in total. The van der Waals surface area contributed by atoms with E-state index in [4.69, 9.17) is 16.3 Å². The maximum atomic E-state index is 13.5. The molecule has 0 radical (unpaired) electrons. The lowest BCUT2D eigenvalue weighted by Crippen LogP contribution is -2.38. The Hall–Kier alpha value is -3.03. The third-order valence-corrected chi connectivity index (χ3v) is 6.79. The summed E-state index contributed by atoms with van der Waals surface area (Å²) in [6.07, 6.45) is 0.884. The van der Waals surface area contributed by atoms with Crippen LogP contribution in [0.2, 0.25) is 5.02 Å². The van der Waals surface area contributed by atoms with E-state index in [2.05, 4.69) is 5.32 Å². The molecule has 168 valence electrons. The Kier molecular flexibility index (Phi) is 7.77. The molecule has 0 aliphatic heterocycles. The van der Waals surface area contributed by atoms with Gasteiger partial charge in [-0.3, -0.25) is 9.10 Å². The van der Waals surface area contributed by atoms with Gasteiger partial charge in [-0.2, -0.15) is 0 Å². The number of benzene rings is 3. The standard InChI is InChI=1S/C24H25ClN2O4S/c1-3-18-9-13-20(14-10-18)26-24(28)17-27(22-7-5-6-8-23(22)31-4-2)32(29,30)21-15-11-19(25)12-16-21/h5-16H,3-4,17H2,1-2H3,(H,26,28). The number of anilines is 2. The molecule has 0 fully saturated rings. The summed E-state index contributed by atoms with van der Waals surface area (Å²) < 4.78 is 33.7. The number of para-hydroxylation sites is 2. The third-order valence-electron chi connectivity index (χ3n) is 4.77. The molecule has 3 aromatic carbocycles. The molecule has 32 heavy (non-hydrogen) atoms.